The van der Waals surface area contributed by atoms with E-state index < -0.39 is 6.61 Å². The Morgan fingerprint density at radius 1 is 1.38 bits per heavy atom. The number of hydrogen-bond acceptors (Lipinski definition) is 4. The van der Waals surface area contributed by atoms with Crippen molar-refractivity contribution in [1.29, 1.82) is 0 Å². The van der Waals surface area contributed by atoms with Gasteiger partial charge in [-0.15, -0.1) is 0 Å². The van der Waals surface area contributed by atoms with E-state index in [-0.39, 0.29) is 17.8 Å². The average molecular weight is 405 g/mol. The van der Waals surface area contributed by atoms with Crippen molar-refractivity contribution < 1.29 is 23.0 Å². The van der Waals surface area contributed by atoms with Gasteiger partial charge < -0.3 is 19.7 Å². The van der Waals surface area contributed by atoms with Crippen LogP contribution in [0, 0.1) is 0 Å². The summed E-state index contributed by atoms with van der Waals surface area (Å²) in [6.07, 6.45) is 5.84. The van der Waals surface area contributed by atoms with E-state index in [1.54, 1.807) is 36.5 Å². The molecule has 0 saturated heterocycles. The number of carbonyl (C=O) groups is 1. The number of benzene rings is 1. The molecule has 29 heavy (non-hydrogen) atoms. The molecule has 1 aromatic heterocycles. The Morgan fingerprint density at radius 2 is 2.24 bits per heavy atom. The first-order valence-corrected chi connectivity index (χ1v) is 9.57. The Bertz CT molecular complexity index is 805. The zero-order chi connectivity index (χ0) is 20.6. The quantitative estimate of drug-likeness (QED) is 0.723. The molecule has 0 bridgehead atoms. The minimum absolute atomic E-state index is 0.143. The summed E-state index contributed by atoms with van der Waals surface area (Å²) in [5, 5.41) is 3.09. The zero-order valence-electron chi connectivity index (χ0n) is 16.3. The third kappa shape index (κ3) is 5.87. The van der Waals surface area contributed by atoms with Crippen LogP contribution in [0.2, 0.25) is 0 Å². The maximum Gasteiger partial charge on any atom is 0.387 e. The first-order valence-electron chi connectivity index (χ1n) is 9.57. The molecule has 8 heteroatoms. The van der Waals surface area contributed by atoms with Gasteiger partial charge in [0.25, 0.3) is 0 Å². The van der Waals surface area contributed by atoms with Crippen LogP contribution in [-0.4, -0.2) is 42.8 Å². The van der Waals surface area contributed by atoms with Gasteiger partial charge in [-0.25, -0.2) is 4.79 Å². The van der Waals surface area contributed by atoms with Gasteiger partial charge in [-0.1, -0.05) is 12.1 Å². The van der Waals surface area contributed by atoms with Gasteiger partial charge in [-0.05, 0) is 54.2 Å². The maximum absolute atomic E-state index is 13.0. The predicted molar refractivity (Wildman–Crippen MR) is 104 cm³/mol. The summed E-state index contributed by atoms with van der Waals surface area (Å²) in [5.74, 6) is 0.143. The van der Waals surface area contributed by atoms with E-state index in [0.29, 0.717) is 19.7 Å². The van der Waals surface area contributed by atoms with Crippen LogP contribution >= 0.6 is 0 Å². The number of fused-ring (bicyclic) bond motifs is 1. The average Bonchev–Trinajstić information content (AvgIpc) is 2.71. The number of alkyl halides is 2. The summed E-state index contributed by atoms with van der Waals surface area (Å²) in [6, 6.07) is 8.30. The van der Waals surface area contributed by atoms with Crippen molar-refractivity contribution >= 4 is 6.03 Å². The van der Waals surface area contributed by atoms with Crippen molar-refractivity contribution in [3.63, 3.8) is 0 Å². The third-order valence-electron chi connectivity index (χ3n) is 4.90. The van der Waals surface area contributed by atoms with Gasteiger partial charge in [0.1, 0.15) is 5.75 Å². The van der Waals surface area contributed by atoms with Crippen molar-refractivity contribution in [2.24, 2.45) is 0 Å². The highest BCUT2D eigenvalue weighted by Gasteiger charge is 2.25. The Kier molecular flexibility index (Phi) is 7.35. The van der Waals surface area contributed by atoms with E-state index in [0.717, 1.165) is 36.0 Å². The number of rotatable bonds is 8. The van der Waals surface area contributed by atoms with Crippen molar-refractivity contribution in [3.8, 4) is 5.75 Å². The van der Waals surface area contributed by atoms with Crippen LogP contribution in [0.4, 0.5) is 13.6 Å². The second-order valence-corrected chi connectivity index (χ2v) is 6.91. The normalized spacial score (nSPS) is 15.7. The molecule has 2 aromatic rings. The largest absolute Gasteiger partial charge is 0.435 e. The number of nitrogens with one attached hydrogen (secondary N) is 1. The Hall–Kier alpha value is -2.74. The molecule has 1 aromatic carbocycles. The highest BCUT2D eigenvalue weighted by molar-refractivity contribution is 5.75. The molecule has 0 spiro atoms. The number of pyridine rings is 1. The number of ether oxygens (including phenoxy) is 2. The number of urea groups is 1. The fourth-order valence-corrected chi connectivity index (χ4v) is 3.52. The van der Waals surface area contributed by atoms with Crippen molar-refractivity contribution in [3.05, 3.63) is 59.4 Å². The summed E-state index contributed by atoms with van der Waals surface area (Å²) in [4.78, 5) is 18.7. The van der Waals surface area contributed by atoms with Gasteiger partial charge >= 0.3 is 12.6 Å². The highest BCUT2D eigenvalue weighted by Crippen LogP contribution is 2.32. The van der Waals surface area contributed by atoms with E-state index >= 15 is 0 Å². The number of aromatic nitrogens is 1. The van der Waals surface area contributed by atoms with Gasteiger partial charge in [0.05, 0.1) is 12.6 Å². The maximum atomic E-state index is 13.0. The van der Waals surface area contributed by atoms with Crippen LogP contribution in [0.25, 0.3) is 0 Å². The lowest BCUT2D eigenvalue weighted by molar-refractivity contribution is -0.0499. The number of hydrogen-bond donors (Lipinski definition) is 1. The van der Waals surface area contributed by atoms with Gasteiger partial charge in [0.2, 0.25) is 0 Å². The molecular formula is C21H25F2N3O3. The van der Waals surface area contributed by atoms with Crippen LogP contribution in [-0.2, 0) is 17.7 Å². The SMILES string of the molecule is COCCN(Cc1cccnc1)C(=O)NC1CCCc2cc(OC(F)F)ccc21. The van der Waals surface area contributed by atoms with E-state index in [2.05, 4.69) is 15.0 Å². The molecule has 0 radical (unpaired) electrons. The molecule has 1 aliphatic rings. The second kappa shape index (κ2) is 10.2. The van der Waals surface area contributed by atoms with Crippen LogP contribution in [0.15, 0.2) is 42.7 Å². The van der Waals surface area contributed by atoms with E-state index in [9.17, 15) is 13.6 Å². The van der Waals surface area contributed by atoms with Crippen LogP contribution < -0.4 is 10.1 Å². The Balaban J connectivity index is 1.71. The van der Waals surface area contributed by atoms with Crippen molar-refractivity contribution in [2.75, 3.05) is 20.3 Å². The summed E-state index contributed by atoms with van der Waals surface area (Å²) in [6.45, 7) is -1.57. The molecule has 156 valence electrons. The van der Waals surface area contributed by atoms with Crippen LogP contribution in [0.1, 0.15) is 35.6 Å². The molecule has 0 fully saturated rings. The molecule has 6 nitrogen and oxygen atoms in total. The molecule has 1 unspecified atom stereocenters. The molecular weight excluding hydrogens is 380 g/mol. The Morgan fingerprint density at radius 3 is 2.97 bits per heavy atom. The van der Waals surface area contributed by atoms with E-state index in [1.165, 1.54) is 6.07 Å². The Labute approximate surface area is 168 Å². The summed E-state index contributed by atoms with van der Waals surface area (Å²) < 4.78 is 34.6. The minimum Gasteiger partial charge on any atom is -0.435 e. The number of amides is 2. The lowest BCUT2D eigenvalue weighted by Gasteiger charge is -2.30. The topological polar surface area (TPSA) is 63.7 Å². The highest BCUT2D eigenvalue weighted by atomic mass is 19.3. The predicted octanol–water partition coefficient (Wildman–Crippen LogP) is 3.92. The fourth-order valence-electron chi connectivity index (χ4n) is 3.52. The van der Waals surface area contributed by atoms with Gasteiger partial charge in [-0.3, -0.25) is 4.98 Å². The number of aryl methyl sites for hydroxylation is 1. The summed E-state index contributed by atoms with van der Waals surface area (Å²) >= 11 is 0. The number of halogens is 2. The van der Waals surface area contributed by atoms with Gasteiger partial charge in [0.15, 0.2) is 0 Å². The van der Waals surface area contributed by atoms with Crippen molar-refractivity contribution in [2.45, 2.75) is 38.5 Å². The molecule has 1 aliphatic carbocycles. The van der Waals surface area contributed by atoms with Gasteiger partial charge in [-0.2, -0.15) is 8.78 Å². The minimum atomic E-state index is -2.85. The second-order valence-electron chi connectivity index (χ2n) is 6.91. The molecule has 2 amide bonds. The standard InChI is InChI=1S/C21H25F2N3O3/c1-28-11-10-26(14-15-4-3-9-24-13-15)21(27)25-19-6-2-5-16-12-17(29-20(22)23)7-8-18(16)19/h3-4,7-9,12-13,19-20H,2,5-6,10-11,14H2,1H3,(H,25,27). The van der Waals surface area contributed by atoms with Crippen LogP contribution in [0.5, 0.6) is 5.75 Å². The first-order chi connectivity index (χ1) is 14.1. The fraction of sp³-hybridized carbons (Fsp3) is 0.429. The third-order valence-corrected chi connectivity index (χ3v) is 4.90. The molecule has 0 aliphatic heterocycles. The smallest absolute Gasteiger partial charge is 0.387 e. The summed E-state index contributed by atoms with van der Waals surface area (Å²) in [7, 11) is 1.59. The van der Waals surface area contributed by atoms with Crippen LogP contribution in [0.3, 0.4) is 0 Å². The molecule has 0 saturated carbocycles. The molecule has 3 rings (SSSR count). The first kappa shape index (κ1) is 21.0. The summed E-state index contributed by atoms with van der Waals surface area (Å²) in [5.41, 5.74) is 2.80. The molecule has 1 heterocycles. The number of nitrogens with zero attached hydrogens (tertiary/aromatic N) is 2. The van der Waals surface area contributed by atoms with Gasteiger partial charge in [0, 0.05) is 32.6 Å². The molecule has 1 atom stereocenters. The number of carbonyl (C=O) groups excluding carboxylic acids is 1. The zero-order valence-corrected chi connectivity index (χ0v) is 16.3. The molecule has 1 N–H and O–H groups in total. The van der Waals surface area contributed by atoms with E-state index in [1.807, 2.05) is 12.1 Å². The monoisotopic (exact) mass is 405 g/mol. The van der Waals surface area contributed by atoms with E-state index in [4.69, 9.17) is 4.74 Å². The van der Waals surface area contributed by atoms with Crippen molar-refractivity contribution in [1.82, 2.24) is 15.2 Å². The number of methoxy groups -OCH3 is 1. The lowest BCUT2D eigenvalue weighted by Crippen LogP contribution is -2.43. The lowest BCUT2D eigenvalue weighted by atomic mass is 9.87.